The molecule has 1 aromatic heterocycles. The lowest BCUT2D eigenvalue weighted by atomic mass is 9.96. The molecule has 152 valence electrons. The number of hydrogen-bond acceptors (Lipinski definition) is 3. The van der Waals surface area contributed by atoms with E-state index in [9.17, 15) is 17.2 Å². The number of nitrogens with zero attached hydrogens (tertiary/aromatic N) is 2. The Bertz CT molecular complexity index is 1260. The maximum absolute atomic E-state index is 13.8. The minimum Gasteiger partial charge on any atom is -0.205 e. The van der Waals surface area contributed by atoms with Crippen molar-refractivity contribution < 1.29 is 17.2 Å². The third kappa shape index (κ3) is 3.95. The van der Waals surface area contributed by atoms with Gasteiger partial charge in [0.1, 0.15) is 0 Å². The first-order chi connectivity index (χ1) is 14.5. The quantitative estimate of drug-likeness (QED) is 0.468. The maximum atomic E-state index is 13.8. The van der Waals surface area contributed by atoms with Gasteiger partial charge in [-0.25, -0.2) is 13.6 Å². The van der Waals surface area contributed by atoms with E-state index in [2.05, 4.69) is 9.93 Å². The van der Waals surface area contributed by atoms with Gasteiger partial charge in [0, 0.05) is 17.3 Å². The van der Waals surface area contributed by atoms with Crippen LogP contribution in [0.4, 0.5) is 8.78 Å². The highest BCUT2D eigenvalue weighted by molar-refractivity contribution is 7.92. The predicted octanol–water partition coefficient (Wildman–Crippen LogP) is 5.09. The third-order valence-corrected chi connectivity index (χ3v) is 5.91. The Kier molecular flexibility index (Phi) is 5.33. The van der Waals surface area contributed by atoms with E-state index in [4.69, 9.17) is 0 Å². The van der Waals surface area contributed by atoms with Crippen LogP contribution >= 0.6 is 0 Å². The van der Waals surface area contributed by atoms with Crippen molar-refractivity contribution in [2.45, 2.75) is 11.3 Å². The first kappa shape index (κ1) is 19.8. The highest BCUT2D eigenvalue weighted by Crippen LogP contribution is 2.37. The molecule has 8 heteroatoms. The molecule has 5 nitrogen and oxygen atoms in total. The summed E-state index contributed by atoms with van der Waals surface area (Å²) in [5, 5.41) is 3.82. The molecule has 0 fully saturated rings. The van der Waals surface area contributed by atoms with Gasteiger partial charge >= 0.3 is 0 Å². The minimum absolute atomic E-state index is 0.0371. The molecule has 0 saturated carbocycles. The molecule has 0 aliphatic rings. The van der Waals surface area contributed by atoms with E-state index in [0.29, 0.717) is 5.56 Å². The van der Waals surface area contributed by atoms with E-state index in [1.54, 1.807) is 24.3 Å². The molecule has 0 amide bonds. The van der Waals surface area contributed by atoms with E-state index >= 15 is 0 Å². The average molecular weight is 425 g/mol. The van der Waals surface area contributed by atoms with E-state index < -0.39 is 16.4 Å². The molecular weight excluding hydrogens is 408 g/mol. The molecule has 0 aliphatic heterocycles. The highest BCUT2D eigenvalue weighted by Gasteiger charge is 2.25. The second-order valence-electron chi connectivity index (χ2n) is 6.51. The van der Waals surface area contributed by atoms with Gasteiger partial charge in [0.05, 0.1) is 11.1 Å². The van der Waals surface area contributed by atoms with E-state index in [0.717, 1.165) is 15.9 Å². The molecule has 30 heavy (non-hydrogen) atoms. The summed E-state index contributed by atoms with van der Waals surface area (Å²) in [5.74, 6) is 0. The molecule has 0 bridgehead atoms. The normalized spacial score (nSPS) is 11.6. The molecule has 0 atom stereocenters. The SMILES string of the molecule is O=S(=O)(Nn1cccn1)c1cccc(C(F)F)c1-c1cccc(-c2ccccc2)c1. The molecule has 0 spiro atoms. The number of aromatic nitrogens is 2. The number of benzene rings is 3. The van der Waals surface area contributed by atoms with Gasteiger partial charge in [0.25, 0.3) is 16.4 Å². The zero-order valence-electron chi connectivity index (χ0n) is 15.6. The average Bonchev–Trinajstić information content (AvgIpc) is 3.26. The lowest BCUT2D eigenvalue weighted by molar-refractivity contribution is 0.152. The van der Waals surface area contributed by atoms with Gasteiger partial charge in [0.2, 0.25) is 0 Å². The van der Waals surface area contributed by atoms with Crippen LogP contribution < -0.4 is 4.83 Å². The largest absolute Gasteiger partial charge is 0.277 e. The topological polar surface area (TPSA) is 64.0 Å². The number of halogens is 2. The second kappa shape index (κ2) is 8.08. The third-order valence-electron chi connectivity index (χ3n) is 4.56. The highest BCUT2D eigenvalue weighted by atomic mass is 32.2. The number of alkyl halides is 2. The minimum atomic E-state index is -4.18. The summed E-state index contributed by atoms with van der Waals surface area (Å²) in [6.45, 7) is 0. The Morgan fingerprint density at radius 3 is 2.23 bits per heavy atom. The van der Waals surface area contributed by atoms with Gasteiger partial charge in [0.15, 0.2) is 0 Å². The van der Waals surface area contributed by atoms with Crippen molar-refractivity contribution in [2.24, 2.45) is 0 Å². The number of sulfonamides is 1. The molecule has 1 heterocycles. The second-order valence-corrected chi connectivity index (χ2v) is 8.14. The van der Waals surface area contributed by atoms with Crippen molar-refractivity contribution in [1.82, 2.24) is 9.89 Å². The standard InChI is InChI=1S/C22H17F2N3O2S/c23-22(24)19-11-5-12-20(30(28,29)26-27-14-6-13-25-27)21(19)18-10-4-9-17(15-18)16-7-2-1-3-8-16/h1-15,22,26H. The van der Waals surface area contributed by atoms with Crippen molar-refractivity contribution in [3.05, 3.63) is 96.8 Å². The van der Waals surface area contributed by atoms with Crippen molar-refractivity contribution >= 4 is 10.0 Å². The smallest absolute Gasteiger partial charge is 0.205 e. The first-order valence-electron chi connectivity index (χ1n) is 9.05. The van der Waals surface area contributed by atoms with Crippen LogP contribution in [0.3, 0.4) is 0 Å². The summed E-state index contributed by atoms with van der Waals surface area (Å²) in [4.78, 5) is 3.03. The molecule has 0 saturated heterocycles. The van der Waals surface area contributed by atoms with Gasteiger partial charge in [-0.2, -0.15) is 18.3 Å². The summed E-state index contributed by atoms with van der Waals surface area (Å²) in [5.41, 5.74) is 1.68. The lowest BCUT2D eigenvalue weighted by Gasteiger charge is -2.17. The van der Waals surface area contributed by atoms with Gasteiger partial charge < -0.3 is 0 Å². The fourth-order valence-electron chi connectivity index (χ4n) is 3.24. The van der Waals surface area contributed by atoms with E-state index in [1.165, 1.54) is 30.6 Å². The van der Waals surface area contributed by atoms with Crippen LogP contribution in [0, 0.1) is 0 Å². The van der Waals surface area contributed by atoms with Gasteiger partial charge in [-0.05, 0) is 34.9 Å². The molecule has 0 radical (unpaired) electrons. The first-order valence-corrected chi connectivity index (χ1v) is 10.5. The van der Waals surface area contributed by atoms with Crippen molar-refractivity contribution in [3.8, 4) is 22.3 Å². The van der Waals surface area contributed by atoms with E-state index in [1.807, 2.05) is 36.4 Å². The predicted molar refractivity (Wildman–Crippen MR) is 111 cm³/mol. The molecule has 4 aromatic rings. The van der Waals surface area contributed by atoms with E-state index in [-0.39, 0.29) is 16.0 Å². The van der Waals surface area contributed by atoms with Crippen LogP contribution in [0.1, 0.15) is 12.0 Å². The number of rotatable bonds is 6. The van der Waals surface area contributed by atoms with Crippen molar-refractivity contribution in [2.75, 3.05) is 4.83 Å². The van der Waals surface area contributed by atoms with Gasteiger partial charge in [-0.15, -0.1) is 0 Å². The van der Waals surface area contributed by atoms with Crippen LogP contribution in [0.5, 0.6) is 0 Å². The molecule has 1 N–H and O–H groups in total. The Morgan fingerprint density at radius 2 is 1.53 bits per heavy atom. The van der Waals surface area contributed by atoms with Gasteiger partial charge in [-0.3, -0.25) is 0 Å². The summed E-state index contributed by atoms with van der Waals surface area (Å²) in [6.07, 6.45) is -0.0349. The Balaban J connectivity index is 1.89. The Morgan fingerprint density at radius 1 is 0.833 bits per heavy atom. The summed E-state index contributed by atoms with van der Waals surface area (Å²) >= 11 is 0. The number of hydrogen-bond donors (Lipinski definition) is 1. The molecule has 4 rings (SSSR count). The van der Waals surface area contributed by atoms with Crippen LogP contribution in [0.15, 0.2) is 96.2 Å². The van der Waals surface area contributed by atoms with Crippen molar-refractivity contribution in [3.63, 3.8) is 0 Å². The van der Waals surface area contributed by atoms with Crippen LogP contribution in [0.2, 0.25) is 0 Å². The summed E-state index contributed by atoms with van der Waals surface area (Å²) in [7, 11) is -4.18. The fraction of sp³-hybridized carbons (Fsp3) is 0.0455. The fourth-order valence-corrected chi connectivity index (χ4v) is 4.46. The Hall–Kier alpha value is -3.52. The van der Waals surface area contributed by atoms with Crippen LogP contribution in [0.25, 0.3) is 22.3 Å². The zero-order valence-corrected chi connectivity index (χ0v) is 16.4. The van der Waals surface area contributed by atoms with Crippen LogP contribution in [-0.4, -0.2) is 18.3 Å². The van der Waals surface area contributed by atoms with Gasteiger partial charge in [-0.1, -0.05) is 60.7 Å². The monoisotopic (exact) mass is 425 g/mol. The molecular formula is C22H17F2N3O2S. The van der Waals surface area contributed by atoms with Crippen molar-refractivity contribution in [1.29, 1.82) is 0 Å². The maximum Gasteiger partial charge on any atom is 0.277 e. The van der Waals surface area contributed by atoms with Crippen LogP contribution in [-0.2, 0) is 10.0 Å². The zero-order chi connectivity index (χ0) is 21.1. The summed E-state index contributed by atoms with van der Waals surface area (Å²) < 4.78 is 53.7. The Labute approximate surface area is 172 Å². The summed E-state index contributed by atoms with van der Waals surface area (Å²) in [6, 6.07) is 21.7. The number of nitrogens with one attached hydrogen (secondary N) is 1. The molecule has 3 aromatic carbocycles. The lowest BCUT2D eigenvalue weighted by Crippen LogP contribution is -2.24. The molecule has 0 unspecified atom stereocenters. The molecule has 0 aliphatic carbocycles.